The van der Waals surface area contributed by atoms with Crippen molar-refractivity contribution in [2.75, 3.05) is 13.2 Å². The topological polar surface area (TPSA) is 102 Å². The smallest absolute Gasteiger partial charge is 0.306 e. The normalized spacial score (nSPS) is 15.4. The summed E-state index contributed by atoms with van der Waals surface area (Å²) in [5, 5.41) is 21.8. The van der Waals surface area contributed by atoms with Crippen molar-refractivity contribution in [3.8, 4) is 11.5 Å². The van der Waals surface area contributed by atoms with Crippen molar-refractivity contribution in [1.82, 2.24) is 0 Å². The Labute approximate surface area is 284 Å². The molecule has 264 valence electrons. The maximum atomic E-state index is 12.7. The highest BCUT2D eigenvalue weighted by Gasteiger charge is 2.20. The van der Waals surface area contributed by atoms with Gasteiger partial charge in [0, 0.05) is 12.8 Å². The fraction of sp³-hybridized carbons (Fsp3) is 0.650. The molecule has 0 bridgehead atoms. The molecule has 0 heterocycles. The third-order valence-corrected chi connectivity index (χ3v) is 9.69. The first kappa shape index (κ1) is 40.1. The Morgan fingerprint density at radius 2 is 0.936 bits per heavy atom. The number of phenolic OH excluding ortho intramolecular Hbond substituents is 2. The molecule has 7 nitrogen and oxygen atoms in total. The van der Waals surface area contributed by atoms with E-state index in [4.69, 9.17) is 14.2 Å². The second-order valence-electron chi connectivity index (χ2n) is 13.6. The Balaban J connectivity index is 1.83. The van der Waals surface area contributed by atoms with Gasteiger partial charge in [-0.1, -0.05) is 79.7 Å². The number of phenols is 2. The summed E-state index contributed by atoms with van der Waals surface area (Å²) < 4.78 is 16.9. The highest BCUT2D eigenvalue weighted by atomic mass is 16.6. The van der Waals surface area contributed by atoms with E-state index in [2.05, 4.69) is 55.4 Å². The van der Waals surface area contributed by atoms with E-state index in [0.29, 0.717) is 24.3 Å². The molecule has 0 aliphatic heterocycles. The Bertz CT molecular complexity index is 1220. The van der Waals surface area contributed by atoms with Gasteiger partial charge in [0.05, 0.1) is 12.7 Å². The first-order valence-corrected chi connectivity index (χ1v) is 17.9. The lowest BCUT2D eigenvalue weighted by atomic mass is 9.87. The molecule has 2 rings (SSSR count). The van der Waals surface area contributed by atoms with Crippen molar-refractivity contribution in [2.45, 2.75) is 156 Å². The van der Waals surface area contributed by atoms with Crippen LogP contribution in [0.15, 0.2) is 24.3 Å². The fourth-order valence-electron chi connectivity index (χ4n) is 5.60. The van der Waals surface area contributed by atoms with Crippen LogP contribution in [0.2, 0.25) is 0 Å². The zero-order valence-electron chi connectivity index (χ0n) is 30.8. The largest absolute Gasteiger partial charge is 0.507 e. The number of rotatable bonds is 20. The molecule has 2 aromatic carbocycles. The summed E-state index contributed by atoms with van der Waals surface area (Å²) in [6.45, 7) is 20.8. The number of carbonyl (C=O) groups is 2. The van der Waals surface area contributed by atoms with Gasteiger partial charge in [-0.25, -0.2) is 0 Å². The van der Waals surface area contributed by atoms with E-state index in [1.165, 1.54) is 0 Å². The predicted molar refractivity (Wildman–Crippen MR) is 190 cm³/mol. The molecule has 0 saturated heterocycles. The molecule has 0 saturated carbocycles. The lowest BCUT2D eigenvalue weighted by Gasteiger charge is -2.20. The second kappa shape index (κ2) is 19.7. The average molecular weight is 655 g/mol. The van der Waals surface area contributed by atoms with E-state index in [1.807, 2.05) is 31.2 Å². The first-order chi connectivity index (χ1) is 22.3. The second-order valence-corrected chi connectivity index (χ2v) is 13.6. The molecule has 0 radical (unpaired) electrons. The minimum absolute atomic E-state index is 0.114. The molecule has 6 unspecified atom stereocenters. The highest BCUT2D eigenvalue weighted by Crippen LogP contribution is 2.38. The van der Waals surface area contributed by atoms with E-state index in [9.17, 15) is 19.8 Å². The fourth-order valence-corrected chi connectivity index (χ4v) is 5.60. The maximum Gasteiger partial charge on any atom is 0.306 e. The Hall–Kier alpha value is -3.06. The Morgan fingerprint density at radius 1 is 0.574 bits per heavy atom. The number of ether oxygens (including phenoxy) is 3. The SMILES string of the molecule is CCC(C)c1cc(CCC(=O)OCC(C)OCC(C)OC(=O)CCc2cc(C(C)CC)c(O)c(C(C)CC)c2)cc(C(C)CC)c1O. The number of carbonyl (C=O) groups excluding carboxylic acids is 2. The van der Waals surface area contributed by atoms with Crippen LogP contribution in [0.1, 0.15) is 165 Å². The minimum Gasteiger partial charge on any atom is -0.507 e. The van der Waals surface area contributed by atoms with Crippen molar-refractivity contribution < 1.29 is 34.0 Å². The standard InChI is InChI=1S/C40H62O7/c1-11-25(5)33-19-31(20-34(39(33)43)26(6)12-2)15-17-37(41)46-23-29(9)45-24-30(10)47-38(42)18-16-32-21-35(27(7)13-3)40(44)36(22-32)28(8)14-4/h19-22,25-30,43-44H,11-18,23-24H2,1-10H3. The summed E-state index contributed by atoms with van der Waals surface area (Å²) in [6, 6.07) is 8.10. The maximum absolute atomic E-state index is 12.7. The van der Waals surface area contributed by atoms with Gasteiger partial charge in [-0.15, -0.1) is 0 Å². The zero-order valence-corrected chi connectivity index (χ0v) is 30.8. The van der Waals surface area contributed by atoms with Crippen molar-refractivity contribution in [2.24, 2.45) is 0 Å². The summed E-state index contributed by atoms with van der Waals surface area (Å²) in [7, 11) is 0. The zero-order chi connectivity index (χ0) is 35.3. The van der Waals surface area contributed by atoms with E-state index >= 15 is 0 Å². The van der Waals surface area contributed by atoms with Crippen LogP contribution in [-0.4, -0.2) is 47.6 Å². The minimum atomic E-state index is -0.444. The van der Waals surface area contributed by atoms with Gasteiger partial charge in [-0.3, -0.25) is 9.59 Å². The van der Waals surface area contributed by atoms with Crippen LogP contribution < -0.4 is 0 Å². The van der Waals surface area contributed by atoms with Crippen molar-refractivity contribution >= 4 is 11.9 Å². The van der Waals surface area contributed by atoms with Crippen LogP contribution in [0.3, 0.4) is 0 Å². The van der Waals surface area contributed by atoms with E-state index in [1.54, 1.807) is 6.92 Å². The molecule has 7 heteroatoms. The summed E-state index contributed by atoms with van der Waals surface area (Å²) in [6.07, 6.45) is 4.45. The van der Waals surface area contributed by atoms with Gasteiger partial charge < -0.3 is 24.4 Å². The van der Waals surface area contributed by atoms with Gasteiger partial charge in [0.2, 0.25) is 0 Å². The third kappa shape index (κ3) is 12.2. The summed E-state index contributed by atoms with van der Waals surface area (Å²) in [5.74, 6) is 1.09. The quantitative estimate of drug-likeness (QED) is 0.137. The molecule has 0 aromatic heterocycles. The van der Waals surface area contributed by atoms with E-state index < -0.39 is 6.10 Å². The van der Waals surface area contributed by atoms with E-state index in [-0.39, 0.29) is 67.8 Å². The molecule has 2 aromatic rings. The molecule has 2 N–H and O–H groups in total. The highest BCUT2D eigenvalue weighted by molar-refractivity contribution is 5.70. The number of benzene rings is 2. The molecule has 0 aliphatic rings. The molecule has 0 aliphatic carbocycles. The third-order valence-electron chi connectivity index (χ3n) is 9.69. The Kier molecular flexibility index (Phi) is 16.8. The van der Waals surface area contributed by atoms with Crippen LogP contribution >= 0.6 is 0 Å². The van der Waals surface area contributed by atoms with Gasteiger partial charge in [0.15, 0.2) is 0 Å². The molecule has 0 amide bonds. The molecular formula is C40H62O7. The molecule has 6 atom stereocenters. The van der Waals surface area contributed by atoms with Crippen molar-refractivity contribution in [3.05, 3.63) is 57.6 Å². The lowest BCUT2D eigenvalue weighted by molar-refractivity contribution is -0.154. The summed E-state index contributed by atoms with van der Waals surface area (Å²) in [4.78, 5) is 25.2. The van der Waals surface area contributed by atoms with Crippen LogP contribution in [-0.2, 0) is 36.6 Å². The summed E-state index contributed by atoms with van der Waals surface area (Å²) in [5.41, 5.74) is 5.83. The molecular weight excluding hydrogens is 592 g/mol. The van der Waals surface area contributed by atoms with E-state index in [0.717, 1.165) is 59.1 Å². The van der Waals surface area contributed by atoms with Crippen molar-refractivity contribution in [3.63, 3.8) is 0 Å². The van der Waals surface area contributed by atoms with Gasteiger partial charge in [0.1, 0.15) is 24.2 Å². The number of esters is 2. The number of aryl methyl sites for hydroxylation is 2. The van der Waals surface area contributed by atoms with Crippen LogP contribution in [0.4, 0.5) is 0 Å². The molecule has 47 heavy (non-hydrogen) atoms. The number of hydrogen-bond donors (Lipinski definition) is 2. The molecule has 0 fully saturated rings. The number of hydrogen-bond acceptors (Lipinski definition) is 7. The lowest BCUT2D eigenvalue weighted by Crippen LogP contribution is -2.26. The predicted octanol–water partition coefficient (Wildman–Crippen LogP) is 9.60. The van der Waals surface area contributed by atoms with Crippen LogP contribution in [0.5, 0.6) is 11.5 Å². The van der Waals surface area contributed by atoms with Gasteiger partial charge >= 0.3 is 11.9 Å². The average Bonchev–Trinajstić information content (AvgIpc) is 3.07. The first-order valence-electron chi connectivity index (χ1n) is 17.9. The summed E-state index contributed by atoms with van der Waals surface area (Å²) >= 11 is 0. The van der Waals surface area contributed by atoms with Gasteiger partial charge in [-0.2, -0.15) is 0 Å². The van der Waals surface area contributed by atoms with Crippen molar-refractivity contribution in [1.29, 1.82) is 0 Å². The molecule has 0 spiro atoms. The monoisotopic (exact) mass is 654 g/mol. The van der Waals surface area contributed by atoms with Crippen LogP contribution in [0, 0.1) is 0 Å². The van der Waals surface area contributed by atoms with Gasteiger partial charge in [0.25, 0.3) is 0 Å². The number of aromatic hydroxyl groups is 2. The van der Waals surface area contributed by atoms with Gasteiger partial charge in [-0.05, 0) is 109 Å². The van der Waals surface area contributed by atoms with Crippen LogP contribution in [0.25, 0.3) is 0 Å². The Morgan fingerprint density at radius 3 is 1.30 bits per heavy atom.